The Hall–Kier alpha value is -0.120. The average molecular weight is 198 g/mol. The monoisotopic (exact) mass is 198 g/mol. The molecule has 0 aromatic heterocycles. The average Bonchev–Trinajstić information content (AvgIpc) is 2.26. The first-order valence-electron chi connectivity index (χ1n) is 5.97. The van der Waals surface area contributed by atoms with Crippen LogP contribution in [0.25, 0.3) is 0 Å². The van der Waals surface area contributed by atoms with Crippen LogP contribution in [0.5, 0.6) is 0 Å². The topological polar surface area (TPSA) is 35.5 Å². The molecule has 3 fully saturated rings. The number of aliphatic hydroxyl groups is 1. The second kappa shape index (κ2) is 5.10. The maximum absolute atomic E-state index is 8.67. The number of nitrogens with zero attached hydrogens (tertiary/aromatic N) is 1. The lowest BCUT2D eigenvalue weighted by molar-refractivity contribution is 0.0725. The van der Waals surface area contributed by atoms with E-state index in [-0.39, 0.29) is 0 Å². The van der Waals surface area contributed by atoms with E-state index in [0.29, 0.717) is 6.61 Å². The van der Waals surface area contributed by atoms with E-state index in [9.17, 15) is 0 Å². The second-order valence-corrected chi connectivity index (χ2v) is 4.63. The Balaban J connectivity index is 1.66. The zero-order valence-corrected chi connectivity index (χ0v) is 8.91. The largest absolute Gasteiger partial charge is 0.396 e. The van der Waals surface area contributed by atoms with Gasteiger partial charge in [-0.2, -0.15) is 0 Å². The molecule has 14 heavy (non-hydrogen) atoms. The molecule has 1 unspecified atom stereocenters. The summed E-state index contributed by atoms with van der Waals surface area (Å²) in [4.78, 5) is 2.57. The molecule has 0 radical (unpaired) electrons. The quantitative estimate of drug-likeness (QED) is 0.629. The number of rotatable bonds is 5. The van der Waals surface area contributed by atoms with Crippen molar-refractivity contribution in [2.75, 3.05) is 32.8 Å². The van der Waals surface area contributed by atoms with Crippen molar-refractivity contribution >= 4 is 0 Å². The Bertz CT molecular complexity index is 167. The lowest BCUT2D eigenvalue weighted by atomic mass is 9.84. The zero-order chi connectivity index (χ0) is 9.80. The summed E-state index contributed by atoms with van der Waals surface area (Å²) in [6.45, 7) is 5.31. The van der Waals surface area contributed by atoms with E-state index in [1.807, 2.05) is 0 Å². The van der Waals surface area contributed by atoms with E-state index in [1.165, 1.54) is 32.5 Å². The molecular weight excluding hydrogens is 176 g/mol. The maximum Gasteiger partial charge on any atom is 0.0431 e. The summed E-state index contributed by atoms with van der Waals surface area (Å²) in [5.41, 5.74) is 0. The number of fused-ring (bicyclic) bond motifs is 3. The Labute approximate surface area is 86.5 Å². The predicted molar refractivity (Wildman–Crippen MR) is 57.3 cm³/mol. The van der Waals surface area contributed by atoms with Crippen LogP contribution in [0.4, 0.5) is 0 Å². The first-order chi connectivity index (χ1) is 6.90. The summed E-state index contributed by atoms with van der Waals surface area (Å²) in [6.07, 6.45) is 4.82. The Morgan fingerprint density at radius 1 is 1.21 bits per heavy atom. The molecule has 3 aliphatic heterocycles. The van der Waals surface area contributed by atoms with Crippen molar-refractivity contribution in [2.45, 2.75) is 31.7 Å². The minimum atomic E-state index is 0.335. The number of aliphatic hydroxyl groups excluding tert-OH is 1. The van der Waals surface area contributed by atoms with Gasteiger partial charge in [0.25, 0.3) is 0 Å². The minimum Gasteiger partial charge on any atom is -0.396 e. The first kappa shape index (κ1) is 10.4. The summed E-state index contributed by atoms with van der Waals surface area (Å²) in [5, 5.41) is 12.3. The van der Waals surface area contributed by atoms with Crippen LogP contribution in [0.2, 0.25) is 0 Å². The Kier molecular flexibility index (Phi) is 3.79. The van der Waals surface area contributed by atoms with Crippen LogP contribution < -0.4 is 5.32 Å². The number of hydrogen-bond donors (Lipinski definition) is 2. The number of piperidine rings is 3. The minimum absolute atomic E-state index is 0.335. The number of nitrogens with one attached hydrogen (secondary N) is 1. The first-order valence-corrected chi connectivity index (χ1v) is 5.97. The van der Waals surface area contributed by atoms with Gasteiger partial charge in [0.05, 0.1) is 0 Å². The van der Waals surface area contributed by atoms with Gasteiger partial charge < -0.3 is 15.3 Å². The predicted octanol–water partition coefficient (Wildman–Crippen LogP) is 0.443. The molecule has 0 aliphatic carbocycles. The second-order valence-electron chi connectivity index (χ2n) is 4.63. The molecule has 3 heterocycles. The molecule has 0 aromatic rings. The van der Waals surface area contributed by atoms with E-state index in [1.54, 1.807) is 0 Å². The zero-order valence-electron chi connectivity index (χ0n) is 8.91. The summed E-state index contributed by atoms with van der Waals surface area (Å²) in [7, 11) is 0. The van der Waals surface area contributed by atoms with Crippen molar-refractivity contribution in [2.24, 2.45) is 5.92 Å². The molecule has 1 atom stereocenters. The highest BCUT2D eigenvalue weighted by Gasteiger charge is 2.33. The normalized spacial score (nSPS) is 36.2. The molecule has 0 amide bonds. The molecule has 2 N–H and O–H groups in total. The fourth-order valence-corrected chi connectivity index (χ4v) is 2.72. The lowest BCUT2D eigenvalue weighted by Gasteiger charge is -2.45. The van der Waals surface area contributed by atoms with E-state index >= 15 is 0 Å². The van der Waals surface area contributed by atoms with E-state index < -0.39 is 0 Å². The highest BCUT2D eigenvalue weighted by Crippen LogP contribution is 2.27. The Morgan fingerprint density at radius 3 is 2.57 bits per heavy atom. The molecule has 0 saturated carbocycles. The molecule has 2 bridgehead atoms. The van der Waals surface area contributed by atoms with Crippen LogP contribution >= 0.6 is 0 Å². The van der Waals surface area contributed by atoms with E-state index in [0.717, 1.165) is 31.3 Å². The van der Waals surface area contributed by atoms with Gasteiger partial charge in [-0.25, -0.2) is 0 Å². The highest BCUT2D eigenvalue weighted by molar-refractivity contribution is 4.90. The highest BCUT2D eigenvalue weighted by atomic mass is 16.2. The molecule has 82 valence electrons. The van der Waals surface area contributed by atoms with Gasteiger partial charge in [-0.15, -0.1) is 0 Å². The van der Waals surface area contributed by atoms with Gasteiger partial charge in [-0.05, 0) is 51.2 Å². The standard InChI is InChI=1S/C11H22N2O/c14-8-2-1-5-12-11-9-13-6-3-10(11)4-7-13/h10-12,14H,1-9H2. The molecule has 3 aliphatic rings. The smallest absolute Gasteiger partial charge is 0.0431 e. The van der Waals surface area contributed by atoms with Crippen molar-refractivity contribution in [3.05, 3.63) is 0 Å². The molecule has 3 rings (SSSR count). The van der Waals surface area contributed by atoms with Crippen LogP contribution in [0, 0.1) is 5.92 Å². The van der Waals surface area contributed by atoms with Crippen LogP contribution in [0.15, 0.2) is 0 Å². The van der Waals surface area contributed by atoms with Crippen molar-refractivity contribution in [1.29, 1.82) is 0 Å². The Morgan fingerprint density at radius 2 is 2.00 bits per heavy atom. The summed E-state index contributed by atoms with van der Waals surface area (Å²) in [6, 6.07) is 0.733. The fraction of sp³-hybridized carbons (Fsp3) is 1.00. The third-order valence-corrected chi connectivity index (χ3v) is 3.65. The maximum atomic E-state index is 8.67. The summed E-state index contributed by atoms with van der Waals surface area (Å²) >= 11 is 0. The fourth-order valence-electron chi connectivity index (χ4n) is 2.72. The van der Waals surface area contributed by atoms with Crippen LogP contribution in [0.3, 0.4) is 0 Å². The third kappa shape index (κ3) is 2.47. The van der Waals surface area contributed by atoms with E-state index in [2.05, 4.69) is 10.2 Å². The SMILES string of the molecule is OCCCCNC1CN2CCC1CC2. The van der Waals surface area contributed by atoms with Gasteiger partial charge in [0.15, 0.2) is 0 Å². The molecule has 3 nitrogen and oxygen atoms in total. The van der Waals surface area contributed by atoms with E-state index in [4.69, 9.17) is 5.11 Å². The molecule has 0 spiro atoms. The molecule has 0 aromatic carbocycles. The third-order valence-electron chi connectivity index (χ3n) is 3.65. The van der Waals surface area contributed by atoms with Gasteiger partial charge in [-0.3, -0.25) is 0 Å². The molecular formula is C11H22N2O. The van der Waals surface area contributed by atoms with Crippen LogP contribution in [-0.2, 0) is 0 Å². The van der Waals surface area contributed by atoms with Crippen LogP contribution in [0.1, 0.15) is 25.7 Å². The van der Waals surface area contributed by atoms with Crippen molar-refractivity contribution < 1.29 is 5.11 Å². The molecule has 3 saturated heterocycles. The molecule has 3 heteroatoms. The van der Waals surface area contributed by atoms with Crippen LogP contribution in [-0.4, -0.2) is 48.8 Å². The van der Waals surface area contributed by atoms with Crippen molar-refractivity contribution in [3.63, 3.8) is 0 Å². The number of hydrogen-bond acceptors (Lipinski definition) is 3. The lowest BCUT2D eigenvalue weighted by Crippen LogP contribution is -2.56. The van der Waals surface area contributed by atoms with Crippen molar-refractivity contribution in [1.82, 2.24) is 10.2 Å². The van der Waals surface area contributed by atoms with Gasteiger partial charge >= 0.3 is 0 Å². The van der Waals surface area contributed by atoms with Gasteiger partial charge in [0.2, 0.25) is 0 Å². The van der Waals surface area contributed by atoms with Crippen molar-refractivity contribution in [3.8, 4) is 0 Å². The van der Waals surface area contributed by atoms with Gasteiger partial charge in [0.1, 0.15) is 0 Å². The van der Waals surface area contributed by atoms with Gasteiger partial charge in [0, 0.05) is 19.2 Å². The summed E-state index contributed by atoms with van der Waals surface area (Å²) in [5.74, 6) is 0.925. The summed E-state index contributed by atoms with van der Waals surface area (Å²) < 4.78 is 0. The van der Waals surface area contributed by atoms with Gasteiger partial charge in [-0.1, -0.05) is 0 Å². The number of unbranched alkanes of at least 4 members (excludes halogenated alkanes) is 1.